The summed E-state index contributed by atoms with van der Waals surface area (Å²) in [5, 5.41) is 50.5. The van der Waals surface area contributed by atoms with Crippen LogP contribution >= 0.6 is 0 Å². The van der Waals surface area contributed by atoms with Crippen LogP contribution in [0, 0.1) is 0 Å². The van der Waals surface area contributed by atoms with Gasteiger partial charge in [0.25, 0.3) is 0 Å². The fourth-order valence-corrected chi connectivity index (χ4v) is 7.59. The number of hydrogen-bond acceptors (Lipinski definition) is 5. The maximum Gasteiger partial charge on any atom is 0.143 e. The van der Waals surface area contributed by atoms with Crippen LogP contribution in [0.4, 0.5) is 0 Å². The molecule has 0 aliphatic heterocycles. The van der Waals surface area contributed by atoms with Crippen molar-refractivity contribution in [3.05, 3.63) is 109 Å². The van der Waals surface area contributed by atoms with Gasteiger partial charge in [-0.15, -0.1) is 0 Å². The van der Waals surface area contributed by atoms with Gasteiger partial charge >= 0.3 is 0 Å². The van der Waals surface area contributed by atoms with Crippen molar-refractivity contribution < 1.29 is 24.8 Å². The van der Waals surface area contributed by atoms with Crippen molar-refractivity contribution in [1.29, 1.82) is 0 Å². The van der Waals surface area contributed by atoms with E-state index in [0.29, 0.717) is 38.8 Å². The molecule has 8 aromatic carbocycles. The van der Waals surface area contributed by atoms with Crippen LogP contribution < -0.4 is 21.9 Å². The second-order valence-electron chi connectivity index (χ2n) is 12.7. The summed E-state index contributed by atoms with van der Waals surface area (Å²) in [5.74, 6) is -1.97. The molecular weight excluding hydrogens is 628 g/mol. The maximum absolute atomic E-state index is 11.9. The first-order valence-electron chi connectivity index (χ1n) is 16.2. The van der Waals surface area contributed by atoms with Crippen molar-refractivity contribution in [2.24, 2.45) is 0 Å². The van der Waals surface area contributed by atoms with Crippen LogP contribution in [0.5, 0.6) is 23.0 Å². The van der Waals surface area contributed by atoms with Gasteiger partial charge in [-0.3, -0.25) is 0 Å². The lowest BCUT2D eigenvalue weighted by molar-refractivity contribution is 0.465. The smallest absolute Gasteiger partial charge is 0.143 e. The summed E-state index contributed by atoms with van der Waals surface area (Å²) in [6.07, 6.45) is 0. The van der Waals surface area contributed by atoms with Crippen LogP contribution in [-0.4, -0.2) is 51.8 Å². The summed E-state index contributed by atoms with van der Waals surface area (Å²) >= 11 is 0. The average molecular weight is 650 g/mol. The molecule has 8 radical (unpaired) electrons. The van der Waals surface area contributed by atoms with Gasteiger partial charge in [0.05, 0.1) is 0 Å². The maximum atomic E-state index is 11.9. The predicted molar refractivity (Wildman–Crippen MR) is 211 cm³/mol. The average Bonchev–Trinajstić information content (AvgIpc) is 3.56. The Morgan fingerprint density at radius 3 is 1.69 bits per heavy atom. The molecule has 5 nitrogen and oxygen atoms in total. The zero-order chi connectivity index (χ0) is 35.3. The SMILES string of the molecule is [B]c1c(O)c([B])c2c(-c3cccc4oc5c6ccccc6ccc5c34)c3c([B])c(O)c([B])c(O)c3c(-c3cccc(-c4ccccc4)c3)c2c1O. The number of fused-ring (bicyclic) bond motifs is 7. The van der Waals surface area contributed by atoms with Gasteiger partial charge in [0.15, 0.2) is 0 Å². The Morgan fingerprint density at radius 2 is 1.00 bits per heavy atom. The standard InChI is InChI=1S/C42H22B4O5/c43-34-30-29(24-14-7-15-26-28(24)25-17-16-20-10-4-5-13-23(20)42(25)51-26)31-33(39(48)37(46)41(50)35(31)44)27(32(30)38(47)36(45)40(34)49)22-12-6-11-21(18-22)19-8-2-1-3-9-19/h1-18,47-50H. The van der Waals surface area contributed by atoms with Crippen LogP contribution in [0.2, 0.25) is 0 Å². The molecule has 0 spiro atoms. The van der Waals surface area contributed by atoms with Gasteiger partial charge in [-0.1, -0.05) is 91.0 Å². The van der Waals surface area contributed by atoms with Crippen LogP contribution in [-0.2, 0) is 0 Å². The Hall–Kier alpha value is -6.20. The lowest BCUT2D eigenvalue weighted by Gasteiger charge is -2.25. The van der Waals surface area contributed by atoms with Gasteiger partial charge in [0, 0.05) is 32.5 Å². The van der Waals surface area contributed by atoms with E-state index >= 15 is 0 Å². The van der Waals surface area contributed by atoms with E-state index in [2.05, 4.69) is 0 Å². The van der Waals surface area contributed by atoms with Crippen LogP contribution in [0.25, 0.3) is 87.6 Å². The van der Waals surface area contributed by atoms with E-state index < -0.39 is 23.0 Å². The molecule has 4 N–H and O–H groups in total. The quantitative estimate of drug-likeness (QED) is 0.138. The van der Waals surface area contributed by atoms with E-state index in [4.69, 9.17) is 35.8 Å². The van der Waals surface area contributed by atoms with Gasteiger partial charge in [-0.05, 0) is 84.0 Å². The summed E-state index contributed by atoms with van der Waals surface area (Å²) in [6.45, 7) is 0. The largest absolute Gasteiger partial charge is 0.509 e. The molecule has 0 bridgehead atoms. The number of furan rings is 1. The first kappa shape index (κ1) is 30.8. The fraction of sp³-hybridized carbons (Fsp3) is 0. The van der Waals surface area contributed by atoms with Crippen molar-refractivity contribution >= 4 is 107 Å². The molecule has 0 atom stereocenters. The molecule has 51 heavy (non-hydrogen) atoms. The summed E-state index contributed by atoms with van der Waals surface area (Å²) in [7, 11) is 26.2. The van der Waals surface area contributed by atoms with E-state index in [9.17, 15) is 20.4 Å². The highest BCUT2D eigenvalue weighted by Gasteiger charge is 2.29. The summed E-state index contributed by atoms with van der Waals surface area (Å²) in [5.41, 5.74) is 3.73. The molecule has 0 saturated heterocycles. The second kappa shape index (κ2) is 11.2. The molecule has 0 fully saturated rings. The van der Waals surface area contributed by atoms with Crippen molar-refractivity contribution in [2.45, 2.75) is 0 Å². The van der Waals surface area contributed by atoms with Gasteiger partial charge < -0.3 is 24.8 Å². The molecule has 0 aliphatic carbocycles. The highest BCUT2D eigenvalue weighted by Crippen LogP contribution is 2.51. The number of benzene rings is 8. The Labute approximate surface area is 297 Å². The minimum Gasteiger partial charge on any atom is -0.509 e. The molecule has 0 aliphatic rings. The zero-order valence-electron chi connectivity index (χ0n) is 26.9. The monoisotopic (exact) mass is 650 g/mol. The normalized spacial score (nSPS) is 11.8. The number of hydrogen-bond donors (Lipinski definition) is 4. The number of aromatic hydroxyl groups is 4. The molecule has 0 unspecified atom stereocenters. The molecule has 1 heterocycles. The number of phenolic OH excluding ortho intramolecular Hbond substituents is 4. The lowest BCUT2D eigenvalue weighted by atomic mass is 9.71. The van der Waals surface area contributed by atoms with Crippen molar-refractivity contribution in [3.8, 4) is 56.4 Å². The minimum atomic E-state index is -0.526. The van der Waals surface area contributed by atoms with Gasteiger partial charge in [0.2, 0.25) is 0 Å². The first-order chi connectivity index (χ1) is 24.7. The topological polar surface area (TPSA) is 94.1 Å². The molecule has 1 aromatic heterocycles. The Morgan fingerprint density at radius 1 is 0.412 bits per heavy atom. The van der Waals surface area contributed by atoms with Crippen molar-refractivity contribution in [3.63, 3.8) is 0 Å². The summed E-state index contributed by atoms with van der Waals surface area (Å²) in [4.78, 5) is 0. The minimum absolute atomic E-state index is 0.136. The summed E-state index contributed by atoms with van der Waals surface area (Å²) < 4.78 is 6.49. The molecule has 0 saturated carbocycles. The van der Waals surface area contributed by atoms with E-state index in [-0.39, 0.29) is 43.4 Å². The Balaban J connectivity index is 1.55. The molecule has 0 amide bonds. The molecule has 232 valence electrons. The first-order valence-corrected chi connectivity index (χ1v) is 16.2. The molecular formula is C42H22B4O5. The third kappa shape index (κ3) is 4.27. The Bertz CT molecular complexity index is 2870. The van der Waals surface area contributed by atoms with Crippen LogP contribution in [0.3, 0.4) is 0 Å². The molecule has 9 rings (SSSR count). The second-order valence-corrected chi connectivity index (χ2v) is 12.7. The van der Waals surface area contributed by atoms with Crippen LogP contribution in [0.1, 0.15) is 0 Å². The van der Waals surface area contributed by atoms with E-state index in [1.54, 1.807) is 6.07 Å². The molecule has 9 heteroatoms. The lowest BCUT2D eigenvalue weighted by Crippen LogP contribution is -2.21. The van der Waals surface area contributed by atoms with Gasteiger partial charge in [0.1, 0.15) is 65.5 Å². The predicted octanol–water partition coefficient (Wildman–Crippen LogP) is 6.04. The third-order valence-corrected chi connectivity index (χ3v) is 9.96. The van der Waals surface area contributed by atoms with Crippen LogP contribution in [0.15, 0.2) is 114 Å². The van der Waals surface area contributed by atoms with E-state index in [0.717, 1.165) is 27.3 Å². The molecule has 9 aromatic rings. The number of phenols is 4. The highest BCUT2D eigenvalue weighted by atomic mass is 16.3. The van der Waals surface area contributed by atoms with Crippen molar-refractivity contribution in [2.75, 3.05) is 0 Å². The zero-order valence-corrected chi connectivity index (χ0v) is 26.9. The fourth-order valence-electron chi connectivity index (χ4n) is 7.59. The number of rotatable bonds is 3. The van der Waals surface area contributed by atoms with E-state index in [1.165, 1.54) is 0 Å². The highest BCUT2D eigenvalue weighted by molar-refractivity contribution is 6.55. The Kier molecular flexibility index (Phi) is 6.74. The van der Waals surface area contributed by atoms with Gasteiger partial charge in [-0.2, -0.15) is 0 Å². The van der Waals surface area contributed by atoms with Crippen molar-refractivity contribution in [1.82, 2.24) is 0 Å². The third-order valence-electron chi connectivity index (χ3n) is 9.96. The summed E-state index contributed by atoms with van der Waals surface area (Å²) in [6, 6.07) is 34.5. The van der Waals surface area contributed by atoms with E-state index in [1.807, 2.05) is 103 Å². The van der Waals surface area contributed by atoms with Gasteiger partial charge in [-0.25, -0.2) is 0 Å².